The molecule has 6 atom stereocenters. The fourth-order valence-electron chi connectivity index (χ4n) is 10.2. The number of methoxy groups -OCH3 is 1. The van der Waals surface area contributed by atoms with E-state index in [0.717, 1.165) is 92.6 Å². The number of carbonyl (C=O) groups is 2. The number of aromatic nitrogens is 3. The summed E-state index contributed by atoms with van der Waals surface area (Å²) in [6.45, 7) is 26.1. The molecule has 0 radical (unpaired) electrons. The molecule has 0 amide bonds. The molecular formula is C55H74MgN4O5-2. The Morgan fingerprint density at radius 1 is 0.862 bits per heavy atom. The van der Waals surface area contributed by atoms with Gasteiger partial charge in [-0.2, -0.15) is 11.4 Å². The molecule has 1 saturated heterocycles. The van der Waals surface area contributed by atoms with E-state index in [0.29, 0.717) is 34.6 Å². The van der Waals surface area contributed by atoms with E-state index in [1.807, 2.05) is 44.2 Å². The van der Waals surface area contributed by atoms with Crippen molar-refractivity contribution in [1.29, 1.82) is 0 Å². The third-order valence-electron chi connectivity index (χ3n) is 14.4. The van der Waals surface area contributed by atoms with E-state index in [1.54, 1.807) is 0 Å². The molecular weight excluding hydrogens is 821 g/mol. The number of fused-ring (bicyclic) bond motifs is 7. The average molecular weight is 896 g/mol. The zero-order valence-electron chi connectivity index (χ0n) is 41.4. The Morgan fingerprint density at radius 2 is 1.51 bits per heavy atom. The van der Waals surface area contributed by atoms with E-state index >= 15 is 0 Å². The van der Waals surface area contributed by atoms with Crippen molar-refractivity contribution in [3.05, 3.63) is 102 Å². The van der Waals surface area contributed by atoms with Crippen molar-refractivity contribution >= 4 is 64.7 Å². The molecule has 3 aromatic rings. The minimum atomic E-state index is -1.41. The van der Waals surface area contributed by atoms with Crippen LogP contribution in [0.3, 0.4) is 0 Å². The van der Waals surface area contributed by atoms with Gasteiger partial charge < -0.3 is 34.8 Å². The molecule has 6 rings (SSSR count). The van der Waals surface area contributed by atoms with Crippen molar-refractivity contribution in [3.8, 4) is 0 Å². The number of allylic oxidation sites excluding steroid dienone is 3. The molecule has 0 aromatic carbocycles. The summed E-state index contributed by atoms with van der Waals surface area (Å²) in [6.07, 6.45) is 21.1. The maximum atomic E-state index is 14.4. The van der Waals surface area contributed by atoms with Crippen LogP contribution in [-0.4, -0.2) is 59.9 Å². The van der Waals surface area contributed by atoms with Crippen molar-refractivity contribution < 1.29 is 24.2 Å². The molecule has 2 aliphatic heterocycles. The molecule has 1 N–H and O–H groups in total. The van der Waals surface area contributed by atoms with Crippen LogP contribution in [0.15, 0.2) is 29.6 Å². The largest absolute Gasteiger partial charge is 2.00 e. The quantitative estimate of drug-likeness (QED) is 0.0484. The van der Waals surface area contributed by atoms with E-state index in [-0.39, 0.29) is 59.7 Å². The fraction of sp³-hybridized carbons (Fsp3) is 0.564. The first-order chi connectivity index (χ1) is 30.6. The molecule has 1 fully saturated rings. The van der Waals surface area contributed by atoms with Crippen LogP contribution in [0, 0.1) is 56.3 Å². The Labute approximate surface area is 405 Å². The molecule has 0 saturated carbocycles. The summed E-state index contributed by atoms with van der Waals surface area (Å²) in [5.74, 6) is 0.341. The van der Waals surface area contributed by atoms with Gasteiger partial charge in [0, 0.05) is 19.1 Å². The van der Waals surface area contributed by atoms with Crippen LogP contribution < -0.4 is 25.7 Å². The van der Waals surface area contributed by atoms with Gasteiger partial charge in [-0.3, -0.25) is 9.59 Å². The minimum Gasteiger partial charge on any atom is -0.664 e. The first kappa shape index (κ1) is 52.1. The third kappa shape index (κ3) is 11.8. The third-order valence-corrected chi connectivity index (χ3v) is 14.4. The van der Waals surface area contributed by atoms with Crippen LogP contribution >= 0.6 is 0 Å². The van der Waals surface area contributed by atoms with Gasteiger partial charge in [0.25, 0.3) is 0 Å². The molecule has 1 unspecified atom stereocenters. The summed E-state index contributed by atoms with van der Waals surface area (Å²) < 4.78 is 11.3. The number of esters is 1. The maximum Gasteiger partial charge on any atom is 2.00 e. The number of rotatable bonds is 21. The Morgan fingerprint density at radius 3 is 2.15 bits per heavy atom. The summed E-state index contributed by atoms with van der Waals surface area (Å²) in [5, 5.41) is 18.2. The number of aliphatic hydroxyl groups is 1. The molecule has 1 aliphatic carbocycles. The van der Waals surface area contributed by atoms with Crippen LogP contribution in [0.4, 0.5) is 0 Å². The zero-order valence-corrected chi connectivity index (χ0v) is 42.8. The summed E-state index contributed by atoms with van der Waals surface area (Å²) in [7, 11) is 1.40. The molecule has 0 spiro atoms. The Kier molecular flexibility index (Phi) is 18.7. The van der Waals surface area contributed by atoms with Gasteiger partial charge in [0.2, 0.25) is 0 Å². The molecule has 65 heavy (non-hydrogen) atoms. The summed E-state index contributed by atoms with van der Waals surface area (Å²) >= 11 is 0. The monoisotopic (exact) mass is 895 g/mol. The molecule has 10 heteroatoms. The van der Waals surface area contributed by atoms with Gasteiger partial charge in [-0.1, -0.05) is 151 Å². The van der Waals surface area contributed by atoms with Crippen LogP contribution in [0.2, 0.25) is 0 Å². The zero-order chi connectivity index (χ0) is 46.4. The summed E-state index contributed by atoms with van der Waals surface area (Å²) in [4.78, 5) is 43.2. The predicted molar refractivity (Wildman–Crippen MR) is 266 cm³/mol. The van der Waals surface area contributed by atoms with E-state index in [9.17, 15) is 14.7 Å². The Hall–Kier alpha value is -3.83. The van der Waals surface area contributed by atoms with Crippen molar-refractivity contribution in [2.45, 2.75) is 153 Å². The van der Waals surface area contributed by atoms with Crippen molar-refractivity contribution in [2.24, 2.45) is 35.5 Å². The van der Waals surface area contributed by atoms with E-state index in [2.05, 4.69) is 62.0 Å². The standard InChI is InChI=1S/C55H75N4O5.Mg/c1-13-39-35(8)42-28-44-37(10)41(24-25-48(60)64-27-26-34(7)23-17-22-33(6)21-16-20-32(5)19-15-18-31(3)4)52(58-44)50-51(55(62)63-12)54(61)49-38(11)45(59-53(49)50)30-47-40(14-2)36(9)43(57-47)29-46(39)56-42;/h13,26,28-33,37,41,51,55,62H,1,14-25,27H2,2-12H3,(H-,58,59,61);/q-3;+2/p-1/b34-26-,43-29-,44-28-,47-30-;/t32-,33-,37+,41+,51-,55?;/m1./s1. The fourth-order valence-corrected chi connectivity index (χ4v) is 10.2. The minimum absolute atomic E-state index is 0. The van der Waals surface area contributed by atoms with Gasteiger partial charge in [-0.05, 0) is 94.6 Å². The normalized spacial score (nSPS) is 22.3. The number of hydrogen-bond donors (Lipinski definition) is 1. The van der Waals surface area contributed by atoms with Crippen molar-refractivity contribution in [1.82, 2.24) is 15.0 Å². The maximum absolute atomic E-state index is 14.4. The molecule has 3 aromatic heterocycles. The SMILES string of the molecule is C=Cc1c2[n-]c(c1C)/C=C1\[N-]/C(=C3\c4[n-]c(c(C)c4C(=O)[C@@H]3C(O)OC)/C=c3\[n-]/c(c(C)c3CC)=C\2)[C@@H](CCC(=O)OC/C=C(/C)CCC[C@H](C)CCC[C@H](C)CCCC(C)C)[C@@H]1C.[Mg+2]. The number of carbonyl (C=O) groups excluding carboxylic acids is 2. The van der Waals surface area contributed by atoms with Gasteiger partial charge in [0.15, 0.2) is 12.1 Å². The second kappa shape index (κ2) is 23.3. The predicted octanol–water partition coefficient (Wildman–Crippen LogP) is 10.2. The van der Waals surface area contributed by atoms with E-state index < -0.39 is 12.2 Å². The smallest absolute Gasteiger partial charge is 0.664 e. The van der Waals surface area contributed by atoms with Gasteiger partial charge in [0.1, 0.15) is 6.61 Å². The van der Waals surface area contributed by atoms with Gasteiger partial charge in [-0.25, -0.2) is 0 Å². The van der Waals surface area contributed by atoms with E-state index in [4.69, 9.17) is 29.7 Å². The first-order valence-corrected chi connectivity index (χ1v) is 24.1. The van der Waals surface area contributed by atoms with Crippen LogP contribution in [0.25, 0.3) is 35.2 Å². The number of hydrogen-bond acceptors (Lipinski definition) is 5. The van der Waals surface area contributed by atoms with Crippen LogP contribution in [-0.2, 0) is 20.7 Å². The molecule has 9 nitrogen and oxygen atoms in total. The summed E-state index contributed by atoms with van der Waals surface area (Å²) in [6, 6.07) is 0. The molecule has 3 aliphatic rings. The molecule has 8 bridgehead atoms. The molecule has 348 valence electrons. The van der Waals surface area contributed by atoms with Crippen LogP contribution in [0.1, 0.15) is 180 Å². The molecule has 5 heterocycles. The van der Waals surface area contributed by atoms with Gasteiger partial charge in [0.05, 0.1) is 5.92 Å². The number of aliphatic hydroxyl groups excluding tert-OH is 1. The topological polar surface area (TPSA) is 129 Å². The number of ether oxygens (including phenoxy) is 2. The summed E-state index contributed by atoms with van der Waals surface area (Å²) in [5.41, 5.74) is 11.2. The second-order valence-corrected chi connectivity index (χ2v) is 19.6. The Balaban J connectivity index is 0.00000793. The van der Waals surface area contributed by atoms with Crippen LogP contribution in [0.5, 0.6) is 0 Å². The van der Waals surface area contributed by atoms with Crippen molar-refractivity contribution in [2.75, 3.05) is 13.7 Å². The number of Topliss-reactive ketones (excluding diaryl/α,β-unsaturated/α-hetero) is 1. The van der Waals surface area contributed by atoms with Gasteiger partial charge >= 0.3 is 29.0 Å². The second-order valence-electron chi connectivity index (χ2n) is 19.6. The first-order valence-electron chi connectivity index (χ1n) is 24.1. The number of ketones is 1. The number of nitrogens with zero attached hydrogens (tertiary/aromatic N) is 4. The van der Waals surface area contributed by atoms with Gasteiger partial charge in [-0.15, -0.1) is 33.5 Å². The Bertz CT molecular complexity index is 2400. The van der Waals surface area contributed by atoms with Crippen molar-refractivity contribution in [3.63, 3.8) is 0 Å². The average Bonchev–Trinajstić information content (AvgIpc) is 3.99. The van der Waals surface area contributed by atoms with E-state index in [1.165, 1.54) is 57.6 Å².